The highest BCUT2D eigenvalue weighted by atomic mass is 127. The number of hydrogen-bond acceptors (Lipinski definition) is 9. The number of ether oxygens (including phenoxy) is 8. The highest BCUT2D eigenvalue weighted by Crippen LogP contribution is 1.90. The van der Waals surface area contributed by atoms with E-state index in [-0.39, 0.29) is 0 Å². The van der Waals surface area contributed by atoms with Crippen LogP contribution in [0.3, 0.4) is 0 Å². The van der Waals surface area contributed by atoms with Crippen LogP contribution >= 0.6 is 22.6 Å². The van der Waals surface area contributed by atoms with Crippen LogP contribution in [0.5, 0.6) is 0 Å². The van der Waals surface area contributed by atoms with Gasteiger partial charge in [-0.3, -0.25) is 0 Å². The summed E-state index contributed by atoms with van der Waals surface area (Å²) in [6.45, 7) is 9.31. The molecule has 0 aliphatic heterocycles. The Hall–Kier alpha value is -0.320. The van der Waals surface area contributed by atoms with Gasteiger partial charge in [-0.2, -0.15) is 0 Å². The van der Waals surface area contributed by atoms with Crippen LogP contribution in [0.15, 0.2) is 0 Å². The summed E-state index contributed by atoms with van der Waals surface area (Å²) in [5, 5.41) is 10.7. The zero-order valence-electron chi connectivity index (χ0n) is 19.6. The number of rotatable bonds is 28. The molecule has 0 aromatic rings. The Balaban J connectivity index is 3.01. The van der Waals surface area contributed by atoms with Gasteiger partial charge in [0.15, 0.2) is 0 Å². The molecule has 12 heteroatoms. The summed E-state index contributed by atoms with van der Waals surface area (Å²) in [6, 6.07) is 0. The van der Waals surface area contributed by atoms with E-state index in [1.54, 1.807) is 0 Å². The summed E-state index contributed by atoms with van der Waals surface area (Å²) in [5.41, 5.74) is 0. The van der Waals surface area contributed by atoms with Crippen molar-refractivity contribution in [3.8, 4) is 0 Å². The minimum atomic E-state index is -0.994. The molecule has 0 heterocycles. The monoisotopic (exact) mass is 595 g/mol. The van der Waals surface area contributed by atoms with Gasteiger partial charge in [-0.05, 0) is 12.8 Å². The van der Waals surface area contributed by atoms with Crippen LogP contribution in [0.2, 0.25) is 0 Å². The Labute approximate surface area is 211 Å². The zero-order valence-corrected chi connectivity index (χ0v) is 21.8. The minimum absolute atomic E-state index is 0.449. The van der Waals surface area contributed by atoms with Crippen LogP contribution in [0, 0.1) is 0 Å². The molecule has 0 spiro atoms. The van der Waals surface area contributed by atoms with Crippen LogP contribution < -0.4 is 5.32 Å². The number of amides is 1. The molecule has 2 N–H and O–H groups in total. The zero-order chi connectivity index (χ0) is 24.1. The Kier molecular flexibility index (Phi) is 29.4. The van der Waals surface area contributed by atoms with Gasteiger partial charge in [-0.15, -0.1) is 0 Å². The number of carboxylic acid groups (broad SMARTS) is 1. The molecule has 0 unspecified atom stereocenters. The summed E-state index contributed by atoms with van der Waals surface area (Å²) >= 11 is 2.27. The van der Waals surface area contributed by atoms with E-state index in [0.29, 0.717) is 106 Å². The number of hydrogen-bond donors (Lipinski definition) is 2. The molecule has 0 aliphatic rings. The predicted molar refractivity (Wildman–Crippen MR) is 131 cm³/mol. The first-order chi connectivity index (χ1) is 16.3. The Morgan fingerprint density at radius 3 is 1.12 bits per heavy atom. The average Bonchev–Trinajstić information content (AvgIpc) is 2.80. The number of halogens is 1. The molecule has 33 heavy (non-hydrogen) atoms. The van der Waals surface area contributed by atoms with Crippen molar-refractivity contribution in [2.45, 2.75) is 12.8 Å². The minimum Gasteiger partial charge on any atom is -0.465 e. The molecule has 1 amide bonds. The van der Waals surface area contributed by atoms with E-state index in [1.165, 1.54) is 0 Å². The molecule has 0 aromatic carbocycles. The fourth-order valence-electron chi connectivity index (χ4n) is 2.22. The average molecular weight is 595 g/mol. The highest BCUT2D eigenvalue weighted by Gasteiger charge is 1.96. The smallest absolute Gasteiger partial charge is 0.404 e. The fourth-order valence-corrected chi connectivity index (χ4v) is 2.53. The van der Waals surface area contributed by atoms with Gasteiger partial charge < -0.3 is 48.3 Å². The molecule has 0 aliphatic carbocycles. The van der Waals surface area contributed by atoms with Gasteiger partial charge >= 0.3 is 6.09 Å². The third-order valence-corrected chi connectivity index (χ3v) is 4.26. The van der Waals surface area contributed by atoms with Crippen molar-refractivity contribution < 1.29 is 47.8 Å². The maximum Gasteiger partial charge on any atom is 0.404 e. The van der Waals surface area contributed by atoms with Gasteiger partial charge in [0.05, 0.1) is 99.1 Å². The predicted octanol–water partition coefficient (Wildman–Crippen LogP) is 1.60. The van der Waals surface area contributed by atoms with Crippen molar-refractivity contribution in [2.75, 3.05) is 117 Å². The van der Waals surface area contributed by atoms with Gasteiger partial charge in [-0.1, -0.05) is 22.6 Å². The molecule has 0 bridgehead atoms. The van der Waals surface area contributed by atoms with Crippen LogP contribution in [0.25, 0.3) is 0 Å². The third kappa shape index (κ3) is 31.7. The highest BCUT2D eigenvalue weighted by molar-refractivity contribution is 14.1. The van der Waals surface area contributed by atoms with E-state index in [9.17, 15) is 4.79 Å². The van der Waals surface area contributed by atoms with E-state index < -0.39 is 6.09 Å². The number of unbranched alkanes of at least 4 members (excludes halogenated alkanes) is 1. The summed E-state index contributed by atoms with van der Waals surface area (Å²) < 4.78 is 44.1. The molecule has 0 saturated carbocycles. The van der Waals surface area contributed by atoms with Crippen LogP contribution in [-0.4, -0.2) is 128 Å². The number of alkyl halides is 1. The number of nitrogens with one attached hydrogen (secondary N) is 1. The topological polar surface area (TPSA) is 123 Å². The van der Waals surface area contributed by atoms with Crippen molar-refractivity contribution in [2.24, 2.45) is 0 Å². The summed E-state index contributed by atoms with van der Waals surface area (Å²) in [7, 11) is 0. The second-order valence-corrected chi connectivity index (χ2v) is 7.61. The van der Waals surface area contributed by atoms with E-state index in [4.69, 9.17) is 43.0 Å². The molecule has 0 radical (unpaired) electrons. The molecule has 0 saturated heterocycles. The molecule has 198 valence electrons. The lowest BCUT2D eigenvalue weighted by Crippen LogP contribution is -2.22. The maximum absolute atomic E-state index is 10.3. The summed E-state index contributed by atoms with van der Waals surface area (Å²) in [4.78, 5) is 10.3. The largest absolute Gasteiger partial charge is 0.465 e. The van der Waals surface area contributed by atoms with Crippen molar-refractivity contribution >= 4 is 28.7 Å². The Morgan fingerprint density at radius 2 is 0.818 bits per heavy atom. The first kappa shape index (κ1) is 32.7. The van der Waals surface area contributed by atoms with Crippen molar-refractivity contribution in [1.82, 2.24) is 5.32 Å². The van der Waals surface area contributed by atoms with Crippen molar-refractivity contribution in [1.29, 1.82) is 0 Å². The van der Waals surface area contributed by atoms with Gasteiger partial charge in [0.25, 0.3) is 0 Å². The second-order valence-electron chi connectivity index (χ2n) is 6.53. The van der Waals surface area contributed by atoms with Crippen molar-refractivity contribution in [3.63, 3.8) is 0 Å². The SMILES string of the molecule is O=C(O)NCCCCOCCOCCOCCOCCOCCOCCOCCOCCI. The van der Waals surface area contributed by atoms with Crippen molar-refractivity contribution in [3.05, 3.63) is 0 Å². The molecule has 11 nitrogen and oxygen atoms in total. The lowest BCUT2D eigenvalue weighted by atomic mass is 10.3. The van der Waals surface area contributed by atoms with E-state index >= 15 is 0 Å². The number of carbonyl (C=O) groups is 1. The van der Waals surface area contributed by atoms with Crippen LogP contribution in [0.4, 0.5) is 4.79 Å². The molecular formula is C21H42INO10. The third-order valence-electron chi connectivity index (χ3n) is 3.82. The van der Waals surface area contributed by atoms with E-state index in [2.05, 4.69) is 27.9 Å². The van der Waals surface area contributed by atoms with Crippen LogP contribution in [-0.2, 0) is 37.9 Å². The summed E-state index contributed by atoms with van der Waals surface area (Å²) in [5.74, 6) is 0. The standard InChI is InChI=1S/C21H42INO10/c22-3-6-27-8-10-29-12-14-31-16-18-33-20-19-32-17-15-30-13-11-28-9-7-26-5-2-1-4-23-21(24)25/h23H,1-20H2,(H,24,25). The fraction of sp³-hybridized carbons (Fsp3) is 0.952. The first-order valence-corrected chi connectivity index (χ1v) is 12.9. The molecule has 0 aromatic heterocycles. The second kappa shape index (κ2) is 29.7. The van der Waals surface area contributed by atoms with E-state index in [1.807, 2.05) is 0 Å². The van der Waals surface area contributed by atoms with Crippen LogP contribution in [0.1, 0.15) is 12.8 Å². The molecule has 0 atom stereocenters. The molecule has 0 fully saturated rings. The van der Waals surface area contributed by atoms with Gasteiger partial charge in [0.2, 0.25) is 0 Å². The first-order valence-electron chi connectivity index (χ1n) is 11.4. The van der Waals surface area contributed by atoms with Gasteiger partial charge in [-0.25, -0.2) is 4.79 Å². The summed E-state index contributed by atoms with van der Waals surface area (Å²) in [6.07, 6.45) is 0.578. The Morgan fingerprint density at radius 1 is 0.515 bits per heavy atom. The Bertz CT molecular complexity index is 396. The van der Waals surface area contributed by atoms with Gasteiger partial charge in [0.1, 0.15) is 0 Å². The molecule has 0 rings (SSSR count). The lowest BCUT2D eigenvalue weighted by molar-refractivity contribution is -0.0228. The normalized spacial score (nSPS) is 11.2. The quantitative estimate of drug-likeness (QED) is 0.0784. The van der Waals surface area contributed by atoms with Gasteiger partial charge in [0, 0.05) is 17.6 Å². The lowest BCUT2D eigenvalue weighted by Gasteiger charge is -2.08. The maximum atomic E-state index is 10.3. The van der Waals surface area contributed by atoms with E-state index in [0.717, 1.165) is 23.9 Å². The molecular weight excluding hydrogens is 553 g/mol.